The smallest absolute Gasteiger partial charge is 0.210 e. The molecule has 0 saturated carbocycles. The zero-order valence-corrected chi connectivity index (χ0v) is 7.88. The third-order valence-corrected chi connectivity index (χ3v) is 1.38. The highest BCUT2D eigenvalue weighted by molar-refractivity contribution is 5.79. The molecule has 0 radical (unpaired) electrons. The second kappa shape index (κ2) is 4.77. The summed E-state index contributed by atoms with van der Waals surface area (Å²) < 4.78 is 4.97. The van der Waals surface area contributed by atoms with Crippen molar-refractivity contribution in [2.45, 2.75) is 13.8 Å². The maximum Gasteiger partial charge on any atom is 0.210 e. The highest BCUT2D eigenvalue weighted by Crippen LogP contribution is 1.98. The molecule has 0 spiro atoms. The Morgan fingerprint density at radius 2 is 2.00 bits per heavy atom. The van der Waals surface area contributed by atoms with Gasteiger partial charge in [-0.25, -0.2) is 4.99 Å². The predicted octanol–water partition coefficient (Wildman–Crippen LogP) is 1.47. The minimum atomic E-state index is 0.649. The Hall–Kier alpha value is -0.990. The number of hydrogen-bond donors (Lipinski definition) is 0. The number of allylic oxidation sites excluding steroid dienone is 1. The van der Waals surface area contributed by atoms with Crippen LogP contribution < -0.4 is 0 Å². The van der Waals surface area contributed by atoms with E-state index in [1.165, 1.54) is 0 Å². The standard InChI is InChI=1S/C8H16N2O/c1-6-8(11-5)9-7(2)10(3)4/h6H,1-5H3/b8-6+,9-7-. The van der Waals surface area contributed by atoms with Gasteiger partial charge in [0.15, 0.2) is 0 Å². The lowest BCUT2D eigenvalue weighted by atomic mass is 10.6. The summed E-state index contributed by atoms with van der Waals surface area (Å²) in [6.07, 6.45) is 1.83. The second-order valence-corrected chi connectivity index (χ2v) is 2.38. The Balaban J connectivity index is 4.28. The first-order chi connectivity index (χ1) is 5.11. The predicted molar refractivity (Wildman–Crippen MR) is 47.6 cm³/mol. The Kier molecular flexibility index (Phi) is 4.34. The molecule has 0 saturated heterocycles. The quantitative estimate of drug-likeness (QED) is 0.343. The van der Waals surface area contributed by atoms with Crippen LogP contribution in [0.5, 0.6) is 0 Å². The minimum absolute atomic E-state index is 0.649. The number of amidine groups is 1. The minimum Gasteiger partial charge on any atom is -0.481 e. The third kappa shape index (κ3) is 3.65. The van der Waals surface area contributed by atoms with Gasteiger partial charge in [0.25, 0.3) is 0 Å². The molecule has 0 aromatic rings. The SMILES string of the molecule is C/C=C(\N=C(\C)N(C)C)OC. The van der Waals surface area contributed by atoms with Crippen molar-refractivity contribution >= 4 is 5.84 Å². The molecule has 0 heterocycles. The third-order valence-electron chi connectivity index (χ3n) is 1.38. The van der Waals surface area contributed by atoms with E-state index >= 15 is 0 Å². The lowest BCUT2D eigenvalue weighted by Gasteiger charge is -2.11. The first kappa shape index (κ1) is 10.0. The summed E-state index contributed by atoms with van der Waals surface area (Å²) in [6.45, 7) is 3.83. The van der Waals surface area contributed by atoms with Gasteiger partial charge in [0.1, 0.15) is 5.84 Å². The maximum atomic E-state index is 4.97. The molecule has 0 aliphatic carbocycles. The van der Waals surface area contributed by atoms with Crippen molar-refractivity contribution in [3.63, 3.8) is 0 Å². The van der Waals surface area contributed by atoms with Crippen molar-refractivity contribution in [3.8, 4) is 0 Å². The molecule has 0 aromatic heterocycles. The second-order valence-electron chi connectivity index (χ2n) is 2.38. The van der Waals surface area contributed by atoms with Crippen LogP contribution in [0, 0.1) is 0 Å². The van der Waals surface area contributed by atoms with E-state index in [0.717, 1.165) is 5.84 Å². The topological polar surface area (TPSA) is 24.8 Å². The van der Waals surface area contributed by atoms with Gasteiger partial charge >= 0.3 is 0 Å². The molecule has 11 heavy (non-hydrogen) atoms. The highest BCUT2D eigenvalue weighted by Gasteiger charge is 1.94. The van der Waals surface area contributed by atoms with E-state index in [1.54, 1.807) is 7.11 Å². The van der Waals surface area contributed by atoms with Gasteiger partial charge in [-0.15, -0.1) is 0 Å². The molecule has 3 heteroatoms. The number of ether oxygens (including phenoxy) is 1. The Morgan fingerprint density at radius 3 is 2.27 bits per heavy atom. The fraction of sp³-hybridized carbons (Fsp3) is 0.625. The molecule has 0 atom stereocenters. The van der Waals surface area contributed by atoms with E-state index in [1.807, 2.05) is 38.9 Å². The van der Waals surface area contributed by atoms with Crippen LogP contribution in [0.2, 0.25) is 0 Å². The number of hydrogen-bond acceptors (Lipinski definition) is 2. The Bertz CT molecular complexity index is 171. The average Bonchev–Trinajstić information content (AvgIpc) is 1.99. The normalized spacial score (nSPS) is 13.2. The average molecular weight is 156 g/mol. The van der Waals surface area contributed by atoms with Gasteiger partial charge in [-0.2, -0.15) is 0 Å². The van der Waals surface area contributed by atoms with Gasteiger partial charge in [0.05, 0.1) is 7.11 Å². The Labute approximate surface area is 68.4 Å². The van der Waals surface area contributed by atoms with Gasteiger partial charge < -0.3 is 9.64 Å². The first-order valence-corrected chi connectivity index (χ1v) is 3.54. The number of methoxy groups -OCH3 is 1. The zero-order valence-electron chi connectivity index (χ0n) is 7.88. The summed E-state index contributed by atoms with van der Waals surface area (Å²) in [5.41, 5.74) is 0. The molecule has 0 rings (SSSR count). The largest absolute Gasteiger partial charge is 0.481 e. The van der Waals surface area contributed by atoms with Crippen LogP contribution in [0.1, 0.15) is 13.8 Å². The lowest BCUT2D eigenvalue weighted by molar-refractivity contribution is 0.286. The molecule has 0 unspecified atom stereocenters. The highest BCUT2D eigenvalue weighted by atomic mass is 16.5. The van der Waals surface area contributed by atoms with E-state index in [2.05, 4.69) is 4.99 Å². The van der Waals surface area contributed by atoms with E-state index < -0.39 is 0 Å². The Morgan fingerprint density at radius 1 is 1.45 bits per heavy atom. The molecule has 64 valence electrons. The molecular formula is C8H16N2O. The van der Waals surface area contributed by atoms with Crippen LogP contribution in [0.3, 0.4) is 0 Å². The van der Waals surface area contributed by atoms with Crippen molar-refractivity contribution in [2.24, 2.45) is 4.99 Å². The fourth-order valence-electron chi connectivity index (χ4n) is 0.488. The fourth-order valence-corrected chi connectivity index (χ4v) is 0.488. The van der Waals surface area contributed by atoms with Crippen molar-refractivity contribution in [2.75, 3.05) is 21.2 Å². The van der Waals surface area contributed by atoms with Gasteiger partial charge in [-0.05, 0) is 19.9 Å². The van der Waals surface area contributed by atoms with Crippen LogP contribution in [-0.2, 0) is 4.74 Å². The summed E-state index contributed by atoms with van der Waals surface area (Å²) in [5.74, 6) is 1.58. The van der Waals surface area contributed by atoms with Gasteiger partial charge in [-0.3, -0.25) is 0 Å². The van der Waals surface area contributed by atoms with Crippen LogP contribution in [-0.4, -0.2) is 31.9 Å². The number of rotatable bonds is 2. The summed E-state index contributed by atoms with van der Waals surface area (Å²) in [7, 11) is 5.51. The van der Waals surface area contributed by atoms with Crippen molar-refractivity contribution < 1.29 is 4.74 Å². The number of aliphatic imine (C=N–C) groups is 1. The van der Waals surface area contributed by atoms with Crippen LogP contribution in [0.25, 0.3) is 0 Å². The van der Waals surface area contributed by atoms with Crippen LogP contribution in [0.4, 0.5) is 0 Å². The maximum absolute atomic E-state index is 4.97. The van der Waals surface area contributed by atoms with Gasteiger partial charge in [0, 0.05) is 14.1 Å². The van der Waals surface area contributed by atoms with E-state index in [9.17, 15) is 0 Å². The molecule has 3 nitrogen and oxygen atoms in total. The first-order valence-electron chi connectivity index (χ1n) is 3.54. The van der Waals surface area contributed by atoms with E-state index in [4.69, 9.17) is 4.74 Å². The van der Waals surface area contributed by atoms with Crippen molar-refractivity contribution in [3.05, 3.63) is 12.0 Å². The summed E-state index contributed by atoms with van der Waals surface area (Å²) in [4.78, 5) is 6.13. The summed E-state index contributed by atoms with van der Waals surface area (Å²) >= 11 is 0. The lowest BCUT2D eigenvalue weighted by Crippen LogP contribution is -2.18. The van der Waals surface area contributed by atoms with Crippen LogP contribution >= 0.6 is 0 Å². The molecule has 0 fully saturated rings. The molecule has 0 N–H and O–H groups in total. The molecule has 0 amide bonds. The van der Waals surface area contributed by atoms with Crippen molar-refractivity contribution in [1.82, 2.24) is 4.90 Å². The van der Waals surface area contributed by atoms with E-state index in [-0.39, 0.29) is 0 Å². The monoisotopic (exact) mass is 156 g/mol. The van der Waals surface area contributed by atoms with Gasteiger partial charge in [0.2, 0.25) is 5.88 Å². The zero-order chi connectivity index (χ0) is 8.85. The molecule has 0 aliphatic rings. The molecular weight excluding hydrogens is 140 g/mol. The molecule has 0 aromatic carbocycles. The van der Waals surface area contributed by atoms with E-state index in [0.29, 0.717) is 5.88 Å². The summed E-state index contributed by atoms with van der Waals surface area (Å²) in [6, 6.07) is 0. The van der Waals surface area contributed by atoms with Crippen LogP contribution in [0.15, 0.2) is 17.0 Å². The van der Waals surface area contributed by atoms with Crippen molar-refractivity contribution in [1.29, 1.82) is 0 Å². The number of nitrogens with zero attached hydrogens (tertiary/aromatic N) is 2. The molecule has 0 aliphatic heterocycles. The summed E-state index contributed by atoms with van der Waals surface area (Å²) in [5, 5.41) is 0. The molecule has 0 bridgehead atoms. The van der Waals surface area contributed by atoms with Gasteiger partial charge in [-0.1, -0.05) is 0 Å².